The van der Waals surface area contributed by atoms with Crippen LogP contribution in [0.4, 0.5) is 11.4 Å². The molecular formula is C14H22N6O. The van der Waals surface area contributed by atoms with Gasteiger partial charge in [-0.25, -0.2) is 0 Å². The van der Waals surface area contributed by atoms with Crippen molar-refractivity contribution in [2.24, 2.45) is 7.05 Å². The molecule has 0 aliphatic heterocycles. The number of hydrogen-bond donors (Lipinski definition) is 2. The average Bonchev–Trinajstić information content (AvgIpc) is 2.99. The fourth-order valence-electron chi connectivity index (χ4n) is 2.11. The second-order valence-corrected chi connectivity index (χ2v) is 5.11. The summed E-state index contributed by atoms with van der Waals surface area (Å²) in [6.07, 6.45) is 3.60. The molecular weight excluding hydrogens is 268 g/mol. The van der Waals surface area contributed by atoms with Crippen LogP contribution >= 0.6 is 0 Å². The molecule has 2 aromatic rings. The van der Waals surface area contributed by atoms with E-state index in [1.54, 1.807) is 10.9 Å². The molecule has 2 rings (SSSR count). The van der Waals surface area contributed by atoms with Crippen molar-refractivity contribution in [1.29, 1.82) is 0 Å². The fraction of sp³-hybridized carbons (Fsp3) is 0.500. The number of amides is 1. The van der Waals surface area contributed by atoms with Crippen LogP contribution in [-0.4, -0.2) is 31.5 Å². The summed E-state index contributed by atoms with van der Waals surface area (Å²) < 4.78 is 3.57. The number of nitrogens with zero attached hydrogens (tertiary/aromatic N) is 4. The Morgan fingerprint density at radius 2 is 2.14 bits per heavy atom. The van der Waals surface area contributed by atoms with E-state index in [1.165, 1.54) is 0 Å². The van der Waals surface area contributed by atoms with E-state index in [2.05, 4.69) is 20.8 Å². The van der Waals surface area contributed by atoms with Crippen LogP contribution in [0.3, 0.4) is 0 Å². The molecule has 7 nitrogen and oxygen atoms in total. The summed E-state index contributed by atoms with van der Waals surface area (Å²) in [7, 11) is 1.86. The van der Waals surface area contributed by atoms with E-state index in [0.29, 0.717) is 0 Å². The summed E-state index contributed by atoms with van der Waals surface area (Å²) in [4.78, 5) is 12.3. The summed E-state index contributed by atoms with van der Waals surface area (Å²) in [5, 5.41) is 14.5. The van der Waals surface area contributed by atoms with E-state index in [-0.39, 0.29) is 11.9 Å². The Bertz CT molecular complexity index is 642. The number of aryl methyl sites for hydroxylation is 3. The SMILES string of the molecule is CCn1cc(NC(C)C(=O)Nc2c(C)nn(C)c2C)cn1. The third-order valence-corrected chi connectivity index (χ3v) is 3.49. The van der Waals surface area contributed by atoms with Crippen LogP contribution in [0.15, 0.2) is 12.4 Å². The third-order valence-electron chi connectivity index (χ3n) is 3.49. The molecule has 0 bridgehead atoms. The number of hydrogen-bond acceptors (Lipinski definition) is 4. The van der Waals surface area contributed by atoms with Gasteiger partial charge in [0.15, 0.2) is 0 Å². The molecule has 1 amide bonds. The van der Waals surface area contributed by atoms with Gasteiger partial charge >= 0.3 is 0 Å². The number of rotatable bonds is 5. The lowest BCUT2D eigenvalue weighted by Gasteiger charge is -2.14. The highest BCUT2D eigenvalue weighted by Gasteiger charge is 2.17. The van der Waals surface area contributed by atoms with Crippen molar-refractivity contribution in [3.05, 3.63) is 23.8 Å². The molecule has 0 spiro atoms. The van der Waals surface area contributed by atoms with Gasteiger partial charge < -0.3 is 10.6 Å². The fourth-order valence-corrected chi connectivity index (χ4v) is 2.11. The second-order valence-electron chi connectivity index (χ2n) is 5.11. The van der Waals surface area contributed by atoms with Crippen molar-refractivity contribution >= 4 is 17.3 Å². The molecule has 2 N–H and O–H groups in total. The van der Waals surface area contributed by atoms with Crippen LogP contribution in [0.25, 0.3) is 0 Å². The Hall–Kier alpha value is -2.31. The van der Waals surface area contributed by atoms with Crippen LogP contribution in [0, 0.1) is 13.8 Å². The molecule has 0 saturated heterocycles. The zero-order valence-corrected chi connectivity index (χ0v) is 13.1. The zero-order chi connectivity index (χ0) is 15.6. The number of aromatic nitrogens is 4. The predicted octanol–water partition coefficient (Wildman–Crippen LogP) is 1.69. The first-order valence-electron chi connectivity index (χ1n) is 7.02. The van der Waals surface area contributed by atoms with Gasteiger partial charge in [-0.2, -0.15) is 10.2 Å². The number of nitrogens with one attached hydrogen (secondary N) is 2. The van der Waals surface area contributed by atoms with Gasteiger partial charge in [0, 0.05) is 19.8 Å². The van der Waals surface area contributed by atoms with Crippen molar-refractivity contribution in [2.75, 3.05) is 10.6 Å². The highest BCUT2D eigenvalue weighted by molar-refractivity contribution is 5.97. The Morgan fingerprint density at radius 1 is 1.43 bits per heavy atom. The average molecular weight is 290 g/mol. The van der Waals surface area contributed by atoms with Gasteiger partial charge in [0.2, 0.25) is 5.91 Å². The maximum absolute atomic E-state index is 12.3. The van der Waals surface area contributed by atoms with Crippen molar-refractivity contribution in [3.8, 4) is 0 Å². The van der Waals surface area contributed by atoms with Crippen LogP contribution in [0.5, 0.6) is 0 Å². The van der Waals surface area contributed by atoms with Gasteiger partial charge in [0.1, 0.15) is 6.04 Å². The molecule has 0 aromatic carbocycles. The monoisotopic (exact) mass is 290 g/mol. The molecule has 0 radical (unpaired) electrons. The highest BCUT2D eigenvalue weighted by atomic mass is 16.2. The summed E-state index contributed by atoms with van der Waals surface area (Å²) in [5.74, 6) is -0.0987. The minimum absolute atomic E-state index is 0.0987. The molecule has 21 heavy (non-hydrogen) atoms. The van der Waals surface area contributed by atoms with E-state index in [1.807, 2.05) is 45.6 Å². The largest absolute Gasteiger partial charge is 0.371 e. The van der Waals surface area contributed by atoms with E-state index in [4.69, 9.17) is 0 Å². The van der Waals surface area contributed by atoms with Gasteiger partial charge in [0.25, 0.3) is 0 Å². The maximum Gasteiger partial charge on any atom is 0.246 e. The quantitative estimate of drug-likeness (QED) is 0.878. The van der Waals surface area contributed by atoms with Crippen molar-refractivity contribution in [3.63, 3.8) is 0 Å². The minimum atomic E-state index is -0.362. The lowest BCUT2D eigenvalue weighted by Crippen LogP contribution is -2.32. The minimum Gasteiger partial charge on any atom is -0.371 e. The first-order valence-corrected chi connectivity index (χ1v) is 7.02. The van der Waals surface area contributed by atoms with Gasteiger partial charge in [0.05, 0.1) is 29.0 Å². The molecule has 1 unspecified atom stereocenters. The first-order chi connectivity index (χ1) is 9.92. The number of carbonyl (C=O) groups is 1. The molecule has 1 atom stereocenters. The molecule has 114 valence electrons. The lowest BCUT2D eigenvalue weighted by molar-refractivity contribution is -0.116. The van der Waals surface area contributed by atoms with Gasteiger partial charge in [-0.3, -0.25) is 14.2 Å². The van der Waals surface area contributed by atoms with E-state index in [0.717, 1.165) is 29.3 Å². The van der Waals surface area contributed by atoms with E-state index < -0.39 is 0 Å². The number of carbonyl (C=O) groups excluding carboxylic acids is 1. The summed E-state index contributed by atoms with van der Waals surface area (Å²) >= 11 is 0. The Labute approximate surface area is 124 Å². The Morgan fingerprint density at radius 3 is 2.67 bits per heavy atom. The van der Waals surface area contributed by atoms with Gasteiger partial charge in [-0.05, 0) is 27.7 Å². The van der Waals surface area contributed by atoms with E-state index in [9.17, 15) is 4.79 Å². The standard InChI is InChI=1S/C14H22N6O/c1-6-20-8-12(7-15-20)16-10(3)14(21)17-13-9(2)18-19(5)11(13)4/h7-8,10,16H,6H2,1-5H3,(H,17,21). The third kappa shape index (κ3) is 3.24. The lowest BCUT2D eigenvalue weighted by atomic mass is 10.2. The predicted molar refractivity (Wildman–Crippen MR) is 82.3 cm³/mol. The summed E-state index contributed by atoms with van der Waals surface area (Å²) in [5.41, 5.74) is 3.36. The van der Waals surface area contributed by atoms with Crippen LogP contribution in [-0.2, 0) is 18.4 Å². The first kappa shape index (κ1) is 15.1. The van der Waals surface area contributed by atoms with Crippen LogP contribution in [0.2, 0.25) is 0 Å². The molecule has 2 aromatic heterocycles. The highest BCUT2D eigenvalue weighted by Crippen LogP contribution is 2.18. The molecule has 0 fully saturated rings. The van der Waals surface area contributed by atoms with Crippen molar-refractivity contribution in [1.82, 2.24) is 19.6 Å². The maximum atomic E-state index is 12.3. The van der Waals surface area contributed by atoms with Crippen molar-refractivity contribution in [2.45, 2.75) is 40.3 Å². The second kappa shape index (κ2) is 5.99. The van der Waals surface area contributed by atoms with Crippen LogP contribution in [0.1, 0.15) is 25.2 Å². The number of anilines is 2. The Balaban J connectivity index is 2.02. The van der Waals surface area contributed by atoms with Crippen molar-refractivity contribution < 1.29 is 4.79 Å². The molecule has 0 saturated carbocycles. The smallest absolute Gasteiger partial charge is 0.246 e. The Kier molecular flexibility index (Phi) is 4.30. The zero-order valence-electron chi connectivity index (χ0n) is 13.1. The summed E-state index contributed by atoms with van der Waals surface area (Å²) in [6, 6.07) is -0.362. The summed E-state index contributed by atoms with van der Waals surface area (Å²) in [6.45, 7) is 8.45. The molecule has 2 heterocycles. The topological polar surface area (TPSA) is 76.8 Å². The van der Waals surface area contributed by atoms with E-state index >= 15 is 0 Å². The molecule has 7 heteroatoms. The van der Waals surface area contributed by atoms with Gasteiger partial charge in [-0.1, -0.05) is 0 Å². The molecule has 0 aliphatic rings. The van der Waals surface area contributed by atoms with Gasteiger partial charge in [-0.15, -0.1) is 0 Å². The van der Waals surface area contributed by atoms with Crippen LogP contribution < -0.4 is 10.6 Å². The molecule has 0 aliphatic carbocycles. The normalized spacial score (nSPS) is 12.2.